The summed E-state index contributed by atoms with van der Waals surface area (Å²) in [6.07, 6.45) is 26.6. The number of ether oxygens (including phenoxy) is 9. The normalized spacial score (nSPS) is 21.9. The summed E-state index contributed by atoms with van der Waals surface area (Å²) in [4.78, 5) is 0. The summed E-state index contributed by atoms with van der Waals surface area (Å²) in [5.41, 5.74) is 7.19. The van der Waals surface area contributed by atoms with Gasteiger partial charge in [0.25, 0.3) is 0 Å². The molecular formula is C95H148O9. The highest BCUT2D eigenvalue weighted by atomic mass is 16.7. The highest BCUT2D eigenvalue weighted by Gasteiger charge is 2.52. The van der Waals surface area contributed by atoms with Gasteiger partial charge in [-0.25, -0.2) is 0 Å². The van der Waals surface area contributed by atoms with Gasteiger partial charge in [-0.05, 0) is 225 Å². The number of hydrogen-bond donors (Lipinski definition) is 0. The summed E-state index contributed by atoms with van der Waals surface area (Å²) < 4.78 is 56.6. The van der Waals surface area contributed by atoms with Crippen molar-refractivity contribution in [2.24, 2.45) is 44.8 Å². The van der Waals surface area contributed by atoms with E-state index in [-0.39, 0.29) is 57.8 Å². The first-order valence-electron chi connectivity index (χ1n) is 41.5. The zero-order chi connectivity index (χ0) is 75.7. The molecule has 0 N–H and O–H groups in total. The zero-order valence-corrected chi connectivity index (χ0v) is 69.6. The van der Waals surface area contributed by atoms with Crippen molar-refractivity contribution in [3.63, 3.8) is 0 Å². The average molecular weight is 1430 g/mol. The molecule has 8 unspecified atom stereocenters. The smallest absolute Gasteiger partial charge is 0.205 e. The van der Waals surface area contributed by atoms with E-state index in [9.17, 15) is 0 Å². The van der Waals surface area contributed by atoms with Crippen LogP contribution < -0.4 is 18.9 Å². The first-order chi connectivity index (χ1) is 49.3. The quantitative estimate of drug-likeness (QED) is 0.0318. The lowest BCUT2D eigenvalue weighted by molar-refractivity contribution is -0.191. The maximum absolute atomic E-state index is 6.53. The van der Waals surface area contributed by atoms with Crippen LogP contribution in [0.25, 0.3) is 0 Å². The van der Waals surface area contributed by atoms with Gasteiger partial charge in [0, 0.05) is 22.7 Å². The lowest BCUT2D eigenvalue weighted by Gasteiger charge is -2.56. The van der Waals surface area contributed by atoms with Gasteiger partial charge in [0.2, 0.25) is 25.2 Å². The van der Waals surface area contributed by atoms with Gasteiger partial charge in [0.15, 0.2) is 0 Å². The van der Waals surface area contributed by atoms with Crippen LogP contribution in [-0.2, 0) is 30.1 Å². The Morgan fingerprint density at radius 3 is 1.20 bits per heavy atom. The lowest BCUT2D eigenvalue weighted by Crippen LogP contribution is -2.52. The molecule has 4 bridgehead atoms. The van der Waals surface area contributed by atoms with Crippen molar-refractivity contribution in [2.45, 2.75) is 347 Å². The largest absolute Gasteiger partial charge is 0.465 e. The predicted molar refractivity (Wildman–Crippen MR) is 435 cm³/mol. The average Bonchev–Trinajstić information content (AvgIpc) is 0.753. The molecule has 8 atom stereocenters. The Balaban J connectivity index is 0.000000195. The standard InChI is InChI=1S/C27H42O3.C26H36O2.C22H36O2.C20H34O2/c1-6-19(2)23-7-9-24(10-8-23)30-25(26(3,4)5)28-11-12-29-27-16-20-13-21(17-27)15-22(14-20)18-27;1-4-21(2)23-13-15-24(16-14-23)28-25(26(3)18-9-6-10-19-26)27-20-17-22-11-7-5-8-12-22;1-6-17(2)18-12-14-20(15-13-18)24-21(16-22(3,4)5)23-19-10-8-7-9-11-19;1-9-15(2)16-10-12-17(13-11-16)22-18(20(6,7)8)21-14-19(3,4)5/h7-10,19-22,25H,6,11-18H2,1-5H3;5,7-8,11-16,21,25H,4,6,9-10,17-20H2,1-3H3;12-15,17,19,21H,6-11,16H2,1-5H3;10-13,15,18H,9,14H2,1-8H3. The van der Waals surface area contributed by atoms with Gasteiger partial charge in [-0.3, -0.25) is 0 Å². The van der Waals surface area contributed by atoms with Crippen LogP contribution in [0.1, 0.15) is 332 Å². The molecule has 6 aliphatic carbocycles. The van der Waals surface area contributed by atoms with Gasteiger partial charge >= 0.3 is 0 Å². The Kier molecular flexibility index (Phi) is 34.1. The summed E-state index contributed by atoms with van der Waals surface area (Å²) >= 11 is 0. The Morgan fingerprint density at radius 2 is 0.808 bits per heavy atom. The van der Waals surface area contributed by atoms with Crippen LogP contribution in [0.15, 0.2) is 127 Å². The van der Waals surface area contributed by atoms with Crippen LogP contribution in [0.5, 0.6) is 23.0 Å². The summed E-state index contributed by atoms with van der Waals surface area (Å²) in [5.74, 6) is 8.70. The van der Waals surface area contributed by atoms with Crippen molar-refractivity contribution in [2.75, 3.05) is 26.4 Å². The third-order valence-electron chi connectivity index (χ3n) is 22.8. The third-order valence-corrected chi connectivity index (χ3v) is 22.8. The van der Waals surface area contributed by atoms with E-state index in [1.54, 1.807) is 0 Å². The third kappa shape index (κ3) is 29.2. The summed E-state index contributed by atoms with van der Waals surface area (Å²) in [7, 11) is 0. The fourth-order valence-corrected chi connectivity index (χ4v) is 15.8. The Labute approximate surface area is 635 Å². The van der Waals surface area contributed by atoms with E-state index >= 15 is 0 Å². The van der Waals surface area contributed by atoms with E-state index in [2.05, 4.69) is 273 Å². The van der Waals surface area contributed by atoms with Crippen LogP contribution in [-0.4, -0.2) is 63.3 Å². The molecule has 0 spiro atoms. The van der Waals surface area contributed by atoms with Crippen LogP contribution >= 0.6 is 0 Å². The van der Waals surface area contributed by atoms with Gasteiger partial charge in [0.05, 0.1) is 38.1 Å². The first kappa shape index (κ1) is 86.3. The molecule has 9 heteroatoms. The van der Waals surface area contributed by atoms with Crippen molar-refractivity contribution >= 4 is 0 Å². The molecule has 5 aromatic rings. The van der Waals surface area contributed by atoms with Crippen LogP contribution in [0.2, 0.25) is 0 Å². The first-order valence-corrected chi connectivity index (χ1v) is 41.5. The second kappa shape index (κ2) is 41.1. The van der Waals surface area contributed by atoms with Crippen LogP contribution in [0, 0.1) is 44.8 Å². The molecule has 6 saturated carbocycles. The minimum atomic E-state index is -0.285. The van der Waals surface area contributed by atoms with Crippen molar-refractivity contribution in [1.82, 2.24) is 0 Å². The molecule has 0 saturated heterocycles. The molecule has 0 aliphatic heterocycles. The Hall–Kier alpha value is -4.90. The molecule has 582 valence electrons. The van der Waals surface area contributed by atoms with E-state index in [1.165, 1.54) is 131 Å². The molecule has 0 amide bonds. The van der Waals surface area contributed by atoms with E-state index in [1.807, 2.05) is 0 Å². The van der Waals surface area contributed by atoms with Gasteiger partial charge in [-0.15, -0.1) is 0 Å². The summed E-state index contributed by atoms with van der Waals surface area (Å²) in [6, 6.07) is 44.7. The fourth-order valence-electron chi connectivity index (χ4n) is 15.8. The summed E-state index contributed by atoms with van der Waals surface area (Å²) in [6.45, 7) is 49.2. The second-order valence-electron chi connectivity index (χ2n) is 37.3. The SMILES string of the molecule is CCC(C)c1ccc(OC(CC(C)(C)C)OC2CCCCC2)cc1.CCC(C)c1ccc(OC(OCC(C)(C)C)C(C)(C)C)cc1.CCC(C)c1ccc(OC(OCCOC23CC4CC(CC(C4)C2)C3)C(C)(C)C)cc1.CCC(C)c1ccc(OC(OCCc2ccccc2)C2(C)CCCCC2)cc1. The zero-order valence-electron chi connectivity index (χ0n) is 69.6. The van der Waals surface area contributed by atoms with E-state index < -0.39 is 0 Å². The van der Waals surface area contributed by atoms with Gasteiger partial charge in [-0.1, -0.05) is 263 Å². The molecule has 9 nitrogen and oxygen atoms in total. The number of rotatable bonds is 31. The summed E-state index contributed by atoms with van der Waals surface area (Å²) in [5, 5.41) is 0. The predicted octanol–water partition coefficient (Wildman–Crippen LogP) is 26.8. The van der Waals surface area contributed by atoms with Crippen LogP contribution in [0.3, 0.4) is 0 Å². The van der Waals surface area contributed by atoms with Crippen molar-refractivity contribution in [3.8, 4) is 23.0 Å². The van der Waals surface area contributed by atoms with E-state index in [4.69, 9.17) is 42.6 Å². The minimum absolute atomic E-state index is 0.0688. The topological polar surface area (TPSA) is 83.1 Å². The minimum Gasteiger partial charge on any atom is -0.465 e. The van der Waals surface area contributed by atoms with Gasteiger partial charge < -0.3 is 42.6 Å². The number of hydrogen-bond acceptors (Lipinski definition) is 9. The highest BCUT2D eigenvalue weighted by molar-refractivity contribution is 5.32. The molecule has 5 aromatic carbocycles. The van der Waals surface area contributed by atoms with Crippen molar-refractivity contribution in [3.05, 3.63) is 155 Å². The highest BCUT2D eigenvalue weighted by Crippen LogP contribution is 2.57. The maximum atomic E-state index is 6.53. The molecule has 11 rings (SSSR count). The molecule has 104 heavy (non-hydrogen) atoms. The van der Waals surface area contributed by atoms with Crippen molar-refractivity contribution in [1.29, 1.82) is 0 Å². The Morgan fingerprint density at radius 1 is 0.413 bits per heavy atom. The molecule has 6 aliphatic rings. The fraction of sp³-hybridized carbons (Fsp3) is 0.684. The van der Waals surface area contributed by atoms with Crippen LogP contribution in [0.4, 0.5) is 0 Å². The number of benzene rings is 5. The molecular weight excluding hydrogens is 1290 g/mol. The van der Waals surface area contributed by atoms with E-state index in [0.717, 1.165) is 79.3 Å². The lowest BCUT2D eigenvalue weighted by atomic mass is 9.54. The second-order valence-corrected chi connectivity index (χ2v) is 37.3. The molecule has 0 aromatic heterocycles. The van der Waals surface area contributed by atoms with Gasteiger partial charge in [0.1, 0.15) is 23.0 Å². The molecule has 0 heterocycles. The van der Waals surface area contributed by atoms with Gasteiger partial charge in [-0.2, -0.15) is 0 Å². The van der Waals surface area contributed by atoms with E-state index in [0.29, 0.717) is 56.2 Å². The molecule has 6 fully saturated rings. The molecule has 0 radical (unpaired) electrons. The maximum Gasteiger partial charge on any atom is 0.205 e. The Bertz CT molecular complexity index is 3080. The monoisotopic (exact) mass is 1430 g/mol. The van der Waals surface area contributed by atoms with Crippen molar-refractivity contribution < 1.29 is 42.6 Å².